The van der Waals surface area contributed by atoms with E-state index in [-0.39, 0.29) is 12.4 Å². The van der Waals surface area contributed by atoms with Crippen LogP contribution in [-0.4, -0.2) is 33.6 Å². The number of aromatic hydroxyl groups is 1. The second-order valence-electron chi connectivity index (χ2n) is 3.74. The SMILES string of the molecule is OCCNc1ccc(-c2c(O)cc(Cl)cc2Cl)nn1. The van der Waals surface area contributed by atoms with Crippen molar-refractivity contribution in [2.24, 2.45) is 0 Å². The Morgan fingerprint density at radius 2 is 1.95 bits per heavy atom. The fourth-order valence-electron chi connectivity index (χ4n) is 1.56. The highest BCUT2D eigenvalue weighted by Gasteiger charge is 2.12. The number of phenolic OH excluding ortho intramolecular Hbond substituents is 1. The molecule has 1 aromatic heterocycles. The number of aliphatic hydroxyl groups is 1. The van der Waals surface area contributed by atoms with Gasteiger partial charge < -0.3 is 15.5 Å². The lowest BCUT2D eigenvalue weighted by Crippen LogP contribution is -2.07. The molecule has 0 aliphatic rings. The van der Waals surface area contributed by atoms with Crippen LogP contribution in [0.2, 0.25) is 10.0 Å². The molecule has 1 heterocycles. The Labute approximate surface area is 119 Å². The highest BCUT2D eigenvalue weighted by Crippen LogP contribution is 2.37. The highest BCUT2D eigenvalue weighted by atomic mass is 35.5. The predicted octanol–water partition coefficient (Wildman–Crippen LogP) is 2.56. The van der Waals surface area contributed by atoms with Gasteiger partial charge in [-0.15, -0.1) is 10.2 Å². The van der Waals surface area contributed by atoms with Crippen molar-refractivity contribution in [3.63, 3.8) is 0 Å². The summed E-state index contributed by atoms with van der Waals surface area (Å²) < 4.78 is 0. The number of hydrogen-bond acceptors (Lipinski definition) is 5. The van der Waals surface area contributed by atoms with Crippen molar-refractivity contribution >= 4 is 29.0 Å². The first-order valence-electron chi connectivity index (χ1n) is 5.48. The van der Waals surface area contributed by atoms with E-state index in [1.54, 1.807) is 12.1 Å². The number of aliphatic hydroxyl groups excluding tert-OH is 1. The maximum atomic E-state index is 9.85. The first-order valence-corrected chi connectivity index (χ1v) is 6.24. The molecule has 0 amide bonds. The van der Waals surface area contributed by atoms with Gasteiger partial charge in [0.2, 0.25) is 0 Å². The number of nitrogens with zero attached hydrogens (tertiary/aromatic N) is 2. The molecule has 2 rings (SSSR count). The standard InChI is InChI=1S/C12H11Cl2N3O2/c13-7-5-8(14)12(10(19)6-7)9-1-2-11(17-16-9)15-3-4-18/h1-2,5-6,18-19H,3-4H2,(H,15,17). The van der Waals surface area contributed by atoms with Gasteiger partial charge in [-0.2, -0.15) is 0 Å². The molecule has 0 atom stereocenters. The van der Waals surface area contributed by atoms with Crippen LogP contribution < -0.4 is 5.32 Å². The lowest BCUT2D eigenvalue weighted by molar-refractivity contribution is 0.311. The minimum Gasteiger partial charge on any atom is -0.507 e. The van der Waals surface area contributed by atoms with Gasteiger partial charge in [-0.05, 0) is 24.3 Å². The predicted molar refractivity (Wildman–Crippen MR) is 74.7 cm³/mol. The minimum atomic E-state index is -0.0529. The van der Waals surface area contributed by atoms with Crippen molar-refractivity contribution in [3.8, 4) is 17.0 Å². The normalized spacial score (nSPS) is 10.5. The fraction of sp³-hybridized carbons (Fsp3) is 0.167. The van der Waals surface area contributed by atoms with E-state index in [9.17, 15) is 5.11 Å². The Morgan fingerprint density at radius 1 is 1.16 bits per heavy atom. The molecule has 0 aliphatic heterocycles. The molecule has 0 saturated carbocycles. The van der Waals surface area contributed by atoms with Crippen molar-refractivity contribution in [1.29, 1.82) is 0 Å². The second-order valence-corrected chi connectivity index (χ2v) is 4.58. The summed E-state index contributed by atoms with van der Waals surface area (Å²) in [5, 5.41) is 30.0. The second kappa shape index (κ2) is 6.06. The summed E-state index contributed by atoms with van der Waals surface area (Å²) in [7, 11) is 0. The van der Waals surface area contributed by atoms with Crippen LogP contribution in [0.1, 0.15) is 0 Å². The van der Waals surface area contributed by atoms with E-state index >= 15 is 0 Å². The molecule has 0 fully saturated rings. The minimum absolute atomic E-state index is 0.00717. The zero-order chi connectivity index (χ0) is 13.8. The van der Waals surface area contributed by atoms with Gasteiger partial charge in [0.1, 0.15) is 11.6 Å². The lowest BCUT2D eigenvalue weighted by atomic mass is 10.1. The molecular weight excluding hydrogens is 289 g/mol. The molecule has 3 N–H and O–H groups in total. The molecule has 19 heavy (non-hydrogen) atoms. The van der Waals surface area contributed by atoms with Gasteiger partial charge in [0.05, 0.1) is 22.9 Å². The Hall–Kier alpha value is -1.56. The number of hydrogen-bond donors (Lipinski definition) is 3. The van der Waals surface area contributed by atoms with E-state index in [1.165, 1.54) is 12.1 Å². The summed E-state index contributed by atoms with van der Waals surface area (Å²) in [6.45, 7) is 0.397. The first-order chi connectivity index (χ1) is 9.11. The van der Waals surface area contributed by atoms with E-state index in [0.29, 0.717) is 33.7 Å². The van der Waals surface area contributed by atoms with Crippen LogP contribution in [0.5, 0.6) is 5.75 Å². The monoisotopic (exact) mass is 299 g/mol. The van der Waals surface area contributed by atoms with E-state index in [1.807, 2.05) is 0 Å². The molecule has 7 heteroatoms. The van der Waals surface area contributed by atoms with Crippen LogP contribution in [0, 0.1) is 0 Å². The van der Waals surface area contributed by atoms with Crippen LogP contribution in [0.3, 0.4) is 0 Å². The van der Waals surface area contributed by atoms with Crippen LogP contribution in [0.15, 0.2) is 24.3 Å². The van der Waals surface area contributed by atoms with E-state index < -0.39 is 0 Å². The fourth-order valence-corrected chi connectivity index (χ4v) is 2.14. The molecule has 5 nitrogen and oxygen atoms in total. The molecule has 0 bridgehead atoms. The number of aromatic nitrogens is 2. The largest absolute Gasteiger partial charge is 0.507 e. The van der Waals surface area contributed by atoms with Gasteiger partial charge in [0.15, 0.2) is 0 Å². The Kier molecular flexibility index (Phi) is 4.42. The van der Waals surface area contributed by atoms with Crippen LogP contribution in [-0.2, 0) is 0 Å². The number of benzene rings is 1. The first kappa shape index (κ1) is 13.9. The number of halogens is 2. The molecule has 0 spiro atoms. The number of anilines is 1. The average molecular weight is 300 g/mol. The topological polar surface area (TPSA) is 78.3 Å². The molecule has 0 aliphatic carbocycles. The summed E-state index contributed by atoms with van der Waals surface area (Å²) in [6.07, 6.45) is 0. The Balaban J connectivity index is 2.32. The van der Waals surface area contributed by atoms with Crippen LogP contribution >= 0.6 is 23.2 Å². The van der Waals surface area contributed by atoms with Crippen molar-refractivity contribution in [1.82, 2.24) is 10.2 Å². The summed E-state index contributed by atoms with van der Waals surface area (Å²) >= 11 is 11.8. The molecule has 2 aromatic rings. The average Bonchev–Trinajstić information content (AvgIpc) is 2.36. The van der Waals surface area contributed by atoms with E-state index in [2.05, 4.69) is 15.5 Å². The van der Waals surface area contributed by atoms with Crippen LogP contribution in [0.4, 0.5) is 5.82 Å². The quantitative estimate of drug-likeness (QED) is 0.809. The summed E-state index contributed by atoms with van der Waals surface area (Å²) in [5.41, 5.74) is 0.820. The third-order valence-corrected chi connectivity index (χ3v) is 2.89. The van der Waals surface area contributed by atoms with Crippen molar-refractivity contribution < 1.29 is 10.2 Å². The highest BCUT2D eigenvalue weighted by molar-refractivity contribution is 6.36. The zero-order valence-corrected chi connectivity index (χ0v) is 11.3. The van der Waals surface area contributed by atoms with E-state index in [4.69, 9.17) is 28.3 Å². The van der Waals surface area contributed by atoms with Crippen molar-refractivity contribution in [2.45, 2.75) is 0 Å². The number of nitrogens with one attached hydrogen (secondary N) is 1. The third kappa shape index (κ3) is 3.26. The van der Waals surface area contributed by atoms with Crippen molar-refractivity contribution in [3.05, 3.63) is 34.3 Å². The maximum Gasteiger partial charge on any atom is 0.148 e. The lowest BCUT2D eigenvalue weighted by Gasteiger charge is -2.08. The molecule has 0 saturated heterocycles. The molecule has 0 radical (unpaired) electrons. The van der Waals surface area contributed by atoms with Gasteiger partial charge in [-0.25, -0.2) is 0 Å². The molecule has 100 valence electrons. The van der Waals surface area contributed by atoms with Crippen molar-refractivity contribution in [2.75, 3.05) is 18.5 Å². The zero-order valence-electron chi connectivity index (χ0n) is 9.77. The number of phenols is 1. The van der Waals surface area contributed by atoms with Crippen LogP contribution in [0.25, 0.3) is 11.3 Å². The van der Waals surface area contributed by atoms with Gasteiger partial charge in [0, 0.05) is 11.6 Å². The van der Waals surface area contributed by atoms with Gasteiger partial charge >= 0.3 is 0 Å². The molecular formula is C12H11Cl2N3O2. The van der Waals surface area contributed by atoms with Gasteiger partial charge in [-0.3, -0.25) is 0 Å². The Morgan fingerprint density at radius 3 is 2.53 bits per heavy atom. The Bertz CT molecular complexity index is 553. The molecule has 0 unspecified atom stereocenters. The number of rotatable bonds is 4. The third-order valence-electron chi connectivity index (χ3n) is 2.37. The summed E-state index contributed by atoms with van der Waals surface area (Å²) in [5.74, 6) is 0.477. The van der Waals surface area contributed by atoms with E-state index in [0.717, 1.165) is 0 Å². The summed E-state index contributed by atoms with van der Waals surface area (Å²) in [6, 6.07) is 6.27. The van der Waals surface area contributed by atoms with Gasteiger partial charge in [-0.1, -0.05) is 23.2 Å². The smallest absolute Gasteiger partial charge is 0.148 e. The van der Waals surface area contributed by atoms with Gasteiger partial charge in [0.25, 0.3) is 0 Å². The maximum absolute atomic E-state index is 9.85. The molecule has 1 aromatic carbocycles. The summed E-state index contributed by atoms with van der Waals surface area (Å²) in [4.78, 5) is 0.